The Morgan fingerprint density at radius 1 is 1.38 bits per heavy atom. The summed E-state index contributed by atoms with van der Waals surface area (Å²) < 4.78 is 4.58. The number of amides is 1. The fourth-order valence-corrected chi connectivity index (χ4v) is 1.30. The molecule has 0 aliphatic heterocycles. The van der Waals surface area contributed by atoms with Gasteiger partial charge in [0, 0.05) is 11.6 Å². The van der Waals surface area contributed by atoms with Gasteiger partial charge < -0.3 is 14.9 Å². The smallest absolute Gasteiger partial charge is 0.230 e. The summed E-state index contributed by atoms with van der Waals surface area (Å²) in [6, 6.07) is 8.24. The topological polar surface area (TPSA) is 75.4 Å². The number of benzene rings is 1. The summed E-state index contributed by atoms with van der Waals surface area (Å²) in [5.41, 5.74) is 0.573. The molecule has 0 spiro atoms. The van der Waals surface area contributed by atoms with Crippen molar-refractivity contribution in [2.75, 3.05) is 5.32 Å². The van der Waals surface area contributed by atoms with Gasteiger partial charge in [-0.15, -0.1) is 0 Å². The van der Waals surface area contributed by atoms with E-state index in [0.717, 1.165) is 0 Å². The van der Waals surface area contributed by atoms with Crippen molar-refractivity contribution in [1.29, 1.82) is 0 Å². The van der Waals surface area contributed by atoms with Gasteiger partial charge in [0.25, 0.3) is 0 Å². The number of nitrogens with one attached hydrogen (secondary N) is 1. The molecule has 0 fully saturated rings. The molecule has 5 heteroatoms. The molecule has 16 heavy (non-hydrogen) atoms. The number of nitrogens with zero attached hydrogens (tertiary/aromatic N) is 1. The average molecular weight is 218 g/mol. The molecule has 2 aromatic rings. The van der Waals surface area contributed by atoms with Crippen LogP contribution in [0.3, 0.4) is 0 Å². The molecule has 0 aliphatic carbocycles. The lowest BCUT2D eigenvalue weighted by Crippen LogP contribution is -2.14. The fraction of sp³-hybridized carbons (Fsp3) is 0.0909. The van der Waals surface area contributed by atoms with Crippen LogP contribution in [0, 0.1) is 0 Å². The molecule has 0 aliphatic rings. The van der Waals surface area contributed by atoms with E-state index in [1.807, 2.05) is 0 Å². The Hall–Kier alpha value is -2.30. The molecule has 5 nitrogen and oxygen atoms in total. The summed E-state index contributed by atoms with van der Waals surface area (Å²) in [6.45, 7) is 0. The van der Waals surface area contributed by atoms with Crippen LogP contribution in [0.1, 0.15) is 5.56 Å². The van der Waals surface area contributed by atoms with Gasteiger partial charge in [-0.1, -0.05) is 23.4 Å². The normalized spacial score (nSPS) is 10.0. The summed E-state index contributed by atoms with van der Waals surface area (Å²) in [6.07, 6.45) is 1.47. The van der Waals surface area contributed by atoms with Crippen LogP contribution < -0.4 is 5.32 Å². The molecule has 0 bridgehead atoms. The Labute approximate surface area is 91.7 Å². The summed E-state index contributed by atoms with van der Waals surface area (Å²) in [7, 11) is 0. The predicted molar refractivity (Wildman–Crippen MR) is 56.9 cm³/mol. The highest BCUT2D eigenvalue weighted by Gasteiger charge is 2.08. The van der Waals surface area contributed by atoms with Crippen LogP contribution in [0.25, 0.3) is 0 Å². The van der Waals surface area contributed by atoms with Crippen LogP contribution in [0.4, 0.5) is 5.82 Å². The third-order valence-electron chi connectivity index (χ3n) is 2.05. The molecule has 1 amide bonds. The van der Waals surface area contributed by atoms with Gasteiger partial charge in [0.2, 0.25) is 5.91 Å². The first-order valence-electron chi connectivity index (χ1n) is 4.73. The van der Waals surface area contributed by atoms with Crippen LogP contribution in [0.5, 0.6) is 5.75 Å². The second-order valence-electron chi connectivity index (χ2n) is 3.24. The van der Waals surface area contributed by atoms with Crippen LogP contribution in [0.2, 0.25) is 0 Å². The summed E-state index contributed by atoms with van der Waals surface area (Å²) in [4.78, 5) is 11.5. The van der Waals surface area contributed by atoms with E-state index in [1.165, 1.54) is 6.26 Å². The number of carbonyl (C=O) groups is 1. The number of phenolic OH excluding ortho intramolecular Hbond substituents is 1. The number of aromatic hydroxyl groups is 1. The van der Waals surface area contributed by atoms with Crippen molar-refractivity contribution in [1.82, 2.24) is 5.16 Å². The monoisotopic (exact) mass is 218 g/mol. The molecule has 1 aromatic carbocycles. The molecule has 0 atom stereocenters. The van der Waals surface area contributed by atoms with E-state index in [9.17, 15) is 9.90 Å². The number of carbonyl (C=O) groups excluding carboxylic acids is 1. The number of hydrogen-bond donors (Lipinski definition) is 2. The first-order valence-corrected chi connectivity index (χ1v) is 4.73. The quantitative estimate of drug-likeness (QED) is 0.819. The van der Waals surface area contributed by atoms with Crippen molar-refractivity contribution in [2.45, 2.75) is 6.42 Å². The second kappa shape index (κ2) is 4.48. The van der Waals surface area contributed by atoms with Crippen molar-refractivity contribution < 1.29 is 14.4 Å². The molecule has 0 unspecified atom stereocenters. The molecule has 2 rings (SSSR count). The minimum absolute atomic E-state index is 0.0968. The second-order valence-corrected chi connectivity index (χ2v) is 3.24. The third-order valence-corrected chi connectivity index (χ3v) is 2.05. The third kappa shape index (κ3) is 2.38. The first kappa shape index (κ1) is 10.2. The molecular formula is C11H10N2O3. The lowest BCUT2D eigenvalue weighted by Gasteiger charge is -2.03. The summed E-state index contributed by atoms with van der Waals surface area (Å²) in [5.74, 6) is 0.216. The van der Waals surface area contributed by atoms with E-state index in [1.54, 1.807) is 30.3 Å². The van der Waals surface area contributed by atoms with Crippen molar-refractivity contribution in [3.05, 3.63) is 42.2 Å². The number of para-hydroxylation sites is 1. The molecule has 1 heterocycles. The Kier molecular flexibility index (Phi) is 2.86. The average Bonchev–Trinajstić information content (AvgIpc) is 2.74. The lowest BCUT2D eigenvalue weighted by molar-refractivity contribution is -0.115. The molecular weight excluding hydrogens is 208 g/mol. The Morgan fingerprint density at radius 3 is 2.88 bits per heavy atom. The molecule has 0 radical (unpaired) electrons. The van der Waals surface area contributed by atoms with E-state index < -0.39 is 0 Å². The molecule has 82 valence electrons. The van der Waals surface area contributed by atoms with Gasteiger partial charge in [-0.05, 0) is 6.07 Å². The predicted octanol–water partition coefficient (Wildman–Crippen LogP) is 1.56. The summed E-state index contributed by atoms with van der Waals surface area (Å²) >= 11 is 0. The Morgan fingerprint density at radius 2 is 2.19 bits per heavy atom. The van der Waals surface area contributed by atoms with Crippen LogP contribution in [-0.4, -0.2) is 16.2 Å². The standard InChI is InChI=1S/C11H10N2O3/c14-9-4-2-1-3-8(9)7-11(15)12-10-5-6-16-13-10/h1-6,14H,7H2,(H,12,13,15). The van der Waals surface area contributed by atoms with E-state index in [2.05, 4.69) is 15.0 Å². The van der Waals surface area contributed by atoms with E-state index in [0.29, 0.717) is 11.4 Å². The van der Waals surface area contributed by atoms with Crippen molar-refractivity contribution >= 4 is 11.7 Å². The molecule has 1 aromatic heterocycles. The number of anilines is 1. The summed E-state index contributed by atoms with van der Waals surface area (Å²) in [5, 5.41) is 15.6. The molecule has 2 N–H and O–H groups in total. The number of rotatable bonds is 3. The highest BCUT2D eigenvalue weighted by molar-refractivity contribution is 5.91. The minimum Gasteiger partial charge on any atom is -0.508 e. The van der Waals surface area contributed by atoms with E-state index in [4.69, 9.17) is 0 Å². The number of hydrogen-bond acceptors (Lipinski definition) is 4. The van der Waals surface area contributed by atoms with Gasteiger partial charge in [-0.2, -0.15) is 0 Å². The highest BCUT2D eigenvalue weighted by atomic mass is 16.5. The zero-order valence-corrected chi connectivity index (χ0v) is 8.38. The maximum absolute atomic E-state index is 11.5. The number of phenols is 1. The van der Waals surface area contributed by atoms with Gasteiger partial charge >= 0.3 is 0 Å². The maximum Gasteiger partial charge on any atom is 0.230 e. The Balaban J connectivity index is 2.00. The van der Waals surface area contributed by atoms with Crippen molar-refractivity contribution in [3.8, 4) is 5.75 Å². The van der Waals surface area contributed by atoms with Gasteiger partial charge in [0.1, 0.15) is 12.0 Å². The number of aromatic nitrogens is 1. The Bertz CT molecular complexity index is 480. The van der Waals surface area contributed by atoms with E-state index >= 15 is 0 Å². The minimum atomic E-state index is -0.254. The zero-order chi connectivity index (χ0) is 11.4. The van der Waals surface area contributed by atoms with Gasteiger partial charge in [0.05, 0.1) is 6.42 Å². The van der Waals surface area contributed by atoms with Gasteiger partial charge in [-0.25, -0.2) is 0 Å². The zero-order valence-electron chi connectivity index (χ0n) is 8.38. The SMILES string of the molecule is O=C(Cc1ccccc1O)Nc1ccon1. The van der Waals surface area contributed by atoms with Gasteiger partial charge in [-0.3, -0.25) is 4.79 Å². The van der Waals surface area contributed by atoms with Crippen LogP contribution in [0.15, 0.2) is 41.1 Å². The molecule has 0 saturated heterocycles. The van der Waals surface area contributed by atoms with E-state index in [-0.39, 0.29) is 18.1 Å². The molecule has 0 saturated carbocycles. The lowest BCUT2D eigenvalue weighted by atomic mass is 10.1. The highest BCUT2D eigenvalue weighted by Crippen LogP contribution is 2.16. The van der Waals surface area contributed by atoms with Crippen LogP contribution in [-0.2, 0) is 11.2 Å². The van der Waals surface area contributed by atoms with Crippen molar-refractivity contribution in [3.63, 3.8) is 0 Å². The van der Waals surface area contributed by atoms with Crippen LogP contribution >= 0.6 is 0 Å². The fourth-order valence-electron chi connectivity index (χ4n) is 1.30. The first-order chi connectivity index (χ1) is 7.75. The van der Waals surface area contributed by atoms with Crippen molar-refractivity contribution in [2.24, 2.45) is 0 Å². The maximum atomic E-state index is 11.5. The van der Waals surface area contributed by atoms with Gasteiger partial charge in [0.15, 0.2) is 5.82 Å². The largest absolute Gasteiger partial charge is 0.508 e.